The number of benzene rings is 1. The number of hydrogen-bond acceptors (Lipinski definition) is 4. The van der Waals surface area contributed by atoms with Gasteiger partial charge in [-0.2, -0.15) is 8.78 Å². The maximum absolute atomic E-state index is 13.8. The standard InChI is InChI=1S/C15H16ClF2NO4/c1-3-23-14(22)15(17,18)8-12(19-9(2)20)13(21)10-4-6-11(16)7-5-10/h4-7,12H,3,8H2,1-2H3,(H,19,20). The van der Waals surface area contributed by atoms with Crippen LogP contribution in [-0.2, 0) is 14.3 Å². The van der Waals surface area contributed by atoms with Gasteiger partial charge in [0.25, 0.3) is 0 Å². The Balaban J connectivity index is 2.99. The molecule has 126 valence electrons. The number of alkyl halides is 2. The molecule has 0 aliphatic rings. The highest BCUT2D eigenvalue weighted by Crippen LogP contribution is 2.24. The molecule has 0 saturated carbocycles. The number of nitrogens with one attached hydrogen (secondary N) is 1. The summed E-state index contributed by atoms with van der Waals surface area (Å²) in [7, 11) is 0. The lowest BCUT2D eigenvalue weighted by molar-refractivity contribution is -0.172. The average molecular weight is 348 g/mol. The SMILES string of the molecule is CCOC(=O)C(F)(F)CC(NC(C)=O)C(=O)c1ccc(Cl)cc1. The molecule has 8 heteroatoms. The highest BCUT2D eigenvalue weighted by Gasteiger charge is 2.44. The zero-order valence-corrected chi connectivity index (χ0v) is 13.3. The molecule has 1 rings (SSSR count). The van der Waals surface area contributed by atoms with Gasteiger partial charge in [0.1, 0.15) is 0 Å². The van der Waals surface area contributed by atoms with Gasteiger partial charge in [0, 0.05) is 17.5 Å². The molecule has 1 aromatic rings. The number of Topliss-reactive ketones (excluding diaryl/α,β-unsaturated/α-hetero) is 1. The Morgan fingerprint density at radius 2 is 1.83 bits per heavy atom. The summed E-state index contributed by atoms with van der Waals surface area (Å²) in [6, 6.07) is 3.98. The van der Waals surface area contributed by atoms with Crippen molar-refractivity contribution in [2.75, 3.05) is 6.61 Å². The molecule has 0 fully saturated rings. The van der Waals surface area contributed by atoms with Crippen molar-refractivity contribution in [3.8, 4) is 0 Å². The summed E-state index contributed by atoms with van der Waals surface area (Å²) in [6.45, 7) is 2.26. The van der Waals surface area contributed by atoms with Crippen LogP contribution >= 0.6 is 11.6 Å². The van der Waals surface area contributed by atoms with Gasteiger partial charge in [-0.3, -0.25) is 9.59 Å². The number of halogens is 3. The van der Waals surface area contributed by atoms with Crippen LogP contribution in [-0.4, -0.2) is 36.2 Å². The second-order valence-electron chi connectivity index (χ2n) is 4.75. The molecule has 0 heterocycles. The second kappa shape index (κ2) is 8.01. The van der Waals surface area contributed by atoms with E-state index in [-0.39, 0.29) is 12.2 Å². The van der Waals surface area contributed by atoms with Crippen molar-refractivity contribution in [1.82, 2.24) is 5.32 Å². The van der Waals surface area contributed by atoms with E-state index in [1.54, 1.807) is 0 Å². The van der Waals surface area contributed by atoms with E-state index in [0.717, 1.165) is 6.92 Å². The van der Waals surface area contributed by atoms with E-state index in [9.17, 15) is 23.2 Å². The van der Waals surface area contributed by atoms with E-state index in [4.69, 9.17) is 11.6 Å². The summed E-state index contributed by atoms with van der Waals surface area (Å²) in [4.78, 5) is 34.8. The normalized spacial score (nSPS) is 12.4. The van der Waals surface area contributed by atoms with Crippen molar-refractivity contribution >= 4 is 29.3 Å². The number of rotatable bonds is 7. The molecular formula is C15H16ClF2NO4. The zero-order chi connectivity index (χ0) is 17.6. The largest absolute Gasteiger partial charge is 0.462 e. The fourth-order valence-corrected chi connectivity index (χ4v) is 1.97. The lowest BCUT2D eigenvalue weighted by Gasteiger charge is -2.22. The first-order valence-corrected chi connectivity index (χ1v) is 7.17. The van der Waals surface area contributed by atoms with Crippen LogP contribution in [0.25, 0.3) is 0 Å². The molecule has 1 atom stereocenters. The number of carbonyl (C=O) groups is 3. The Bertz CT molecular complexity index is 590. The van der Waals surface area contributed by atoms with Crippen molar-refractivity contribution < 1.29 is 27.9 Å². The van der Waals surface area contributed by atoms with Gasteiger partial charge in [-0.05, 0) is 31.2 Å². The fourth-order valence-electron chi connectivity index (χ4n) is 1.85. The minimum absolute atomic E-state index is 0.0906. The van der Waals surface area contributed by atoms with Gasteiger partial charge in [0.05, 0.1) is 19.1 Å². The summed E-state index contributed by atoms with van der Waals surface area (Å²) in [5.41, 5.74) is 0.0906. The van der Waals surface area contributed by atoms with Crippen LogP contribution in [0.15, 0.2) is 24.3 Å². The van der Waals surface area contributed by atoms with Crippen molar-refractivity contribution in [3.05, 3.63) is 34.9 Å². The Morgan fingerprint density at radius 3 is 2.30 bits per heavy atom. The predicted molar refractivity (Wildman–Crippen MR) is 79.6 cm³/mol. The monoisotopic (exact) mass is 347 g/mol. The summed E-state index contributed by atoms with van der Waals surface area (Å²) < 4.78 is 32.0. The third kappa shape index (κ3) is 5.59. The number of hydrogen-bond donors (Lipinski definition) is 1. The number of esters is 1. The Morgan fingerprint density at radius 1 is 1.26 bits per heavy atom. The lowest BCUT2D eigenvalue weighted by Crippen LogP contribution is -2.46. The molecule has 5 nitrogen and oxygen atoms in total. The molecule has 0 aromatic heterocycles. The smallest absolute Gasteiger partial charge is 0.377 e. The van der Waals surface area contributed by atoms with E-state index in [0.29, 0.717) is 5.02 Å². The summed E-state index contributed by atoms with van der Waals surface area (Å²) in [5.74, 6) is -7.05. The third-order valence-corrected chi connectivity index (χ3v) is 3.11. The average Bonchev–Trinajstić information content (AvgIpc) is 2.46. The minimum atomic E-state index is -3.90. The molecule has 1 amide bonds. The predicted octanol–water partition coefficient (Wildman–Crippen LogP) is 2.62. The lowest BCUT2D eigenvalue weighted by atomic mass is 9.98. The topological polar surface area (TPSA) is 72.5 Å². The summed E-state index contributed by atoms with van der Waals surface area (Å²) in [5, 5.41) is 2.51. The molecule has 1 N–H and O–H groups in total. The molecular weight excluding hydrogens is 332 g/mol. The molecule has 0 aliphatic carbocycles. The maximum atomic E-state index is 13.8. The zero-order valence-electron chi connectivity index (χ0n) is 12.6. The first kappa shape index (κ1) is 19.0. The van der Waals surface area contributed by atoms with Crippen molar-refractivity contribution in [2.24, 2.45) is 0 Å². The van der Waals surface area contributed by atoms with Crippen LogP contribution in [0.2, 0.25) is 5.02 Å². The summed E-state index contributed by atoms with van der Waals surface area (Å²) in [6.07, 6.45) is -1.19. The van der Waals surface area contributed by atoms with Gasteiger partial charge >= 0.3 is 11.9 Å². The minimum Gasteiger partial charge on any atom is -0.462 e. The van der Waals surface area contributed by atoms with Gasteiger partial charge in [-0.1, -0.05) is 11.6 Å². The van der Waals surface area contributed by atoms with Gasteiger partial charge < -0.3 is 10.1 Å². The van der Waals surface area contributed by atoms with E-state index >= 15 is 0 Å². The number of ketones is 1. The number of carbonyl (C=O) groups excluding carboxylic acids is 3. The Labute approximate surface area is 136 Å². The Hall–Kier alpha value is -2.02. The summed E-state index contributed by atoms with van der Waals surface area (Å²) >= 11 is 5.70. The third-order valence-electron chi connectivity index (χ3n) is 2.86. The quantitative estimate of drug-likeness (QED) is 0.608. The highest BCUT2D eigenvalue weighted by atomic mass is 35.5. The van der Waals surface area contributed by atoms with Crippen molar-refractivity contribution in [1.29, 1.82) is 0 Å². The van der Waals surface area contributed by atoms with Gasteiger partial charge in [0.15, 0.2) is 5.78 Å². The van der Waals surface area contributed by atoms with Gasteiger partial charge in [-0.25, -0.2) is 4.79 Å². The van der Waals surface area contributed by atoms with Crippen LogP contribution < -0.4 is 5.32 Å². The molecule has 1 unspecified atom stereocenters. The fraction of sp³-hybridized carbons (Fsp3) is 0.400. The molecule has 0 radical (unpaired) electrons. The van der Waals surface area contributed by atoms with Crippen molar-refractivity contribution in [2.45, 2.75) is 32.2 Å². The second-order valence-corrected chi connectivity index (χ2v) is 5.19. The number of amides is 1. The van der Waals surface area contributed by atoms with Crippen LogP contribution in [0.1, 0.15) is 30.6 Å². The van der Waals surface area contributed by atoms with Crippen LogP contribution in [0.5, 0.6) is 0 Å². The van der Waals surface area contributed by atoms with E-state index in [1.807, 2.05) is 0 Å². The van der Waals surface area contributed by atoms with Crippen LogP contribution in [0.4, 0.5) is 8.78 Å². The van der Waals surface area contributed by atoms with Crippen molar-refractivity contribution in [3.63, 3.8) is 0 Å². The van der Waals surface area contributed by atoms with E-state index in [1.165, 1.54) is 31.2 Å². The first-order chi connectivity index (χ1) is 10.7. The molecule has 0 spiro atoms. The van der Waals surface area contributed by atoms with Crippen LogP contribution in [0.3, 0.4) is 0 Å². The van der Waals surface area contributed by atoms with Gasteiger partial charge in [0.2, 0.25) is 5.91 Å². The van der Waals surface area contributed by atoms with E-state index in [2.05, 4.69) is 10.1 Å². The molecule has 0 aliphatic heterocycles. The van der Waals surface area contributed by atoms with Crippen LogP contribution in [0, 0.1) is 0 Å². The molecule has 23 heavy (non-hydrogen) atoms. The Kier molecular flexibility index (Phi) is 6.62. The maximum Gasteiger partial charge on any atom is 0.377 e. The number of ether oxygens (including phenoxy) is 1. The molecule has 1 aromatic carbocycles. The van der Waals surface area contributed by atoms with E-state index < -0.39 is 36.0 Å². The molecule has 0 bridgehead atoms. The highest BCUT2D eigenvalue weighted by molar-refractivity contribution is 6.30. The molecule has 0 saturated heterocycles. The first-order valence-electron chi connectivity index (χ1n) is 6.79. The van der Waals surface area contributed by atoms with Gasteiger partial charge in [-0.15, -0.1) is 0 Å².